The van der Waals surface area contributed by atoms with Crippen LogP contribution in [0.15, 0.2) is 36.4 Å². The van der Waals surface area contributed by atoms with Gasteiger partial charge in [-0.2, -0.15) is 13.2 Å². The second kappa shape index (κ2) is 5.51. The summed E-state index contributed by atoms with van der Waals surface area (Å²) in [6.45, 7) is 1.74. The monoisotopic (exact) mass is 392 g/mol. The Bertz CT molecular complexity index is 639. The van der Waals surface area contributed by atoms with E-state index in [1.165, 1.54) is 6.07 Å². The molecule has 0 atom stereocenters. The lowest BCUT2D eigenvalue weighted by Gasteiger charge is -2.14. The first-order valence-corrected chi connectivity index (χ1v) is 6.85. The summed E-state index contributed by atoms with van der Waals surface area (Å²) in [6, 6.07) is 8.93. The first-order valence-electron chi connectivity index (χ1n) is 5.77. The van der Waals surface area contributed by atoms with Crippen LogP contribution >= 0.6 is 22.6 Å². The van der Waals surface area contributed by atoms with Crippen molar-refractivity contribution in [1.29, 1.82) is 0 Å². The average molecular weight is 392 g/mol. The molecule has 0 aliphatic heterocycles. The predicted octanol–water partition coefficient (Wildman–Crippen LogP) is 4.94. The van der Waals surface area contributed by atoms with E-state index in [-0.39, 0.29) is 0 Å². The highest BCUT2D eigenvalue weighted by molar-refractivity contribution is 14.1. The minimum Gasteiger partial charge on any atom is -0.397 e. The number of nitrogens with one attached hydrogen (secondary N) is 1. The van der Waals surface area contributed by atoms with E-state index in [1.54, 1.807) is 19.1 Å². The normalized spacial score (nSPS) is 11.4. The molecule has 2 aromatic rings. The molecule has 0 spiro atoms. The molecule has 0 aliphatic carbocycles. The maximum atomic E-state index is 12.7. The molecule has 106 valence electrons. The van der Waals surface area contributed by atoms with Gasteiger partial charge in [0.15, 0.2) is 0 Å². The van der Waals surface area contributed by atoms with Crippen LogP contribution in [0.1, 0.15) is 11.1 Å². The molecule has 2 rings (SSSR count). The van der Waals surface area contributed by atoms with E-state index in [4.69, 9.17) is 5.73 Å². The largest absolute Gasteiger partial charge is 0.416 e. The lowest BCUT2D eigenvalue weighted by molar-refractivity contribution is -0.137. The van der Waals surface area contributed by atoms with Crippen molar-refractivity contribution in [2.45, 2.75) is 13.1 Å². The van der Waals surface area contributed by atoms with Crippen LogP contribution in [-0.4, -0.2) is 0 Å². The van der Waals surface area contributed by atoms with Crippen molar-refractivity contribution < 1.29 is 13.2 Å². The molecule has 3 N–H and O–H groups in total. The van der Waals surface area contributed by atoms with Gasteiger partial charge in [0.05, 0.1) is 16.9 Å². The number of alkyl halides is 3. The highest BCUT2D eigenvalue weighted by Gasteiger charge is 2.30. The molecular formula is C14H12F3IN2. The Morgan fingerprint density at radius 1 is 1.05 bits per heavy atom. The van der Waals surface area contributed by atoms with Crippen LogP contribution < -0.4 is 11.1 Å². The zero-order valence-electron chi connectivity index (χ0n) is 10.6. The average Bonchev–Trinajstić information content (AvgIpc) is 2.33. The van der Waals surface area contributed by atoms with Crippen LogP contribution in [0, 0.1) is 10.5 Å². The van der Waals surface area contributed by atoms with Crippen molar-refractivity contribution in [3.63, 3.8) is 0 Å². The van der Waals surface area contributed by atoms with Crippen molar-refractivity contribution in [2.24, 2.45) is 0 Å². The molecule has 0 unspecified atom stereocenters. The van der Waals surface area contributed by atoms with E-state index in [0.29, 0.717) is 17.1 Å². The van der Waals surface area contributed by atoms with Crippen molar-refractivity contribution in [3.8, 4) is 0 Å². The quantitative estimate of drug-likeness (QED) is 0.561. The van der Waals surface area contributed by atoms with Crippen molar-refractivity contribution in [2.75, 3.05) is 11.1 Å². The van der Waals surface area contributed by atoms with Gasteiger partial charge < -0.3 is 11.1 Å². The van der Waals surface area contributed by atoms with E-state index < -0.39 is 11.7 Å². The van der Waals surface area contributed by atoms with E-state index >= 15 is 0 Å². The van der Waals surface area contributed by atoms with Crippen LogP contribution in [-0.2, 0) is 6.18 Å². The molecule has 6 heteroatoms. The van der Waals surface area contributed by atoms with Crippen molar-refractivity contribution >= 4 is 39.7 Å². The van der Waals surface area contributed by atoms with E-state index in [9.17, 15) is 13.2 Å². The highest BCUT2D eigenvalue weighted by atomic mass is 127. The summed E-state index contributed by atoms with van der Waals surface area (Å²) < 4.78 is 39.1. The van der Waals surface area contributed by atoms with Crippen molar-refractivity contribution in [3.05, 3.63) is 51.1 Å². The Morgan fingerprint density at radius 3 is 2.35 bits per heavy atom. The molecule has 0 amide bonds. The topological polar surface area (TPSA) is 38.0 Å². The minimum atomic E-state index is -4.36. The molecular weight excluding hydrogens is 380 g/mol. The maximum Gasteiger partial charge on any atom is 0.416 e. The molecule has 2 aromatic carbocycles. The summed E-state index contributed by atoms with van der Waals surface area (Å²) >= 11 is 2.12. The Kier molecular flexibility index (Phi) is 4.12. The van der Waals surface area contributed by atoms with Gasteiger partial charge in [0.25, 0.3) is 0 Å². The first kappa shape index (κ1) is 15.0. The second-order valence-electron chi connectivity index (χ2n) is 4.38. The molecule has 0 fully saturated rings. The number of rotatable bonds is 2. The number of anilines is 3. The van der Waals surface area contributed by atoms with Gasteiger partial charge in [-0.05, 0) is 65.4 Å². The predicted molar refractivity (Wildman–Crippen MR) is 83.0 cm³/mol. The van der Waals surface area contributed by atoms with Crippen LogP contribution in [0.4, 0.5) is 30.2 Å². The molecule has 0 saturated heterocycles. The fraction of sp³-hybridized carbons (Fsp3) is 0.143. The summed E-state index contributed by atoms with van der Waals surface area (Å²) in [4.78, 5) is 0. The minimum absolute atomic E-state index is 0.396. The standard InChI is InChI=1S/C14H12F3IN2/c1-8-2-3-9(14(15,16)17)6-13(8)20-12-5-4-10(18)7-11(12)19/h2-7,20H,19H2,1H3. The highest BCUT2D eigenvalue weighted by Crippen LogP contribution is 2.34. The summed E-state index contributed by atoms with van der Waals surface area (Å²) in [6.07, 6.45) is -4.36. The smallest absolute Gasteiger partial charge is 0.397 e. The SMILES string of the molecule is Cc1ccc(C(F)(F)F)cc1Nc1ccc(I)cc1N. The molecule has 0 radical (unpaired) electrons. The summed E-state index contributed by atoms with van der Waals surface area (Å²) in [5.74, 6) is 0. The number of nitrogen functional groups attached to an aromatic ring is 1. The van der Waals surface area contributed by atoms with Gasteiger partial charge in [0.1, 0.15) is 0 Å². The third-order valence-corrected chi connectivity index (χ3v) is 3.52. The summed E-state index contributed by atoms with van der Waals surface area (Å²) in [5.41, 5.74) is 7.37. The fourth-order valence-corrected chi connectivity index (χ4v) is 2.24. The summed E-state index contributed by atoms with van der Waals surface area (Å²) in [5, 5.41) is 2.95. The second-order valence-corrected chi connectivity index (χ2v) is 5.63. The Morgan fingerprint density at radius 2 is 1.75 bits per heavy atom. The number of hydrogen-bond acceptors (Lipinski definition) is 2. The van der Waals surface area contributed by atoms with E-state index in [0.717, 1.165) is 21.3 Å². The van der Waals surface area contributed by atoms with Crippen molar-refractivity contribution in [1.82, 2.24) is 0 Å². The lowest BCUT2D eigenvalue weighted by atomic mass is 10.1. The van der Waals surface area contributed by atoms with Gasteiger partial charge >= 0.3 is 6.18 Å². The van der Waals surface area contributed by atoms with Gasteiger partial charge in [-0.25, -0.2) is 0 Å². The molecule has 0 heterocycles. The maximum absolute atomic E-state index is 12.7. The first-order chi connectivity index (χ1) is 9.27. The Balaban J connectivity index is 2.38. The number of aryl methyl sites for hydroxylation is 1. The molecule has 0 aromatic heterocycles. The van der Waals surface area contributed by atoms with E-state index in [1.807, 2.05) is 6.07 Å². The van der Waals surface area contributed by atoms with Gasteiger partial charge in [0, 0.05) is 9.26 Å². The van der Waals surface area contributed by atoms with Crippen LogP contribution in [0.3, 0.4) is 0 Å². The zero-order valence-corrected chi connectivity index (χ0v) is 12.7. The third-order valence-electron chi connectivity index (χ3n) is 2.85. The van der Waals surface area contributed by atoms with Gasteiger partial charge in [-0.15, -0.1) is 0 Å². The molecule has 0 bridgehead atoms. The number of hydrogen-bond donors (Lipinski definition) is 2. The Hall–Kier alpha value is -1.44. The lowest BCUT2D eigenvalue weighted by Crippen LogP contribution is -2.06. The number of benzene rings is 2. The molecule has 2 nitrogen and oxygen atoms in total. The van der Waals surface area contributed by atoms with Gasteiger partial charge in [-0.3, -0.25) is 0 Å². The molecule has 20 heavy (non-hydrogen) atoms. The number of nitrogens with two attached hydrogens (primary N) is 1. The molecule has 0 aliphatic rings. The zero-order chi connectivity index (χ0) is 14.9. The van der Waals surface area contributed by atoms with Crippen LogP contribution in [0.25, 0.3) is 0 Å². The van der Waals surface area contributed by atoms with Crippen LogP contribution in [0.2, 0.25) is 0 Å². The Labute approximate surface area is 128 Å². The van der Waals surface area contributed by atoms with Gasteiger partial charge in [0.2, 0.25) is 0 Å². The van der Waals surface area contributed by atoms with Gasteiger partial charge in [-0.1, -0.05) is 6.07 Å². The fourth-order valence-electron chi connectivity index (χ4n) is 1.73. The van der Waals surface area contributed by atoms with E-state index in [2.05, 4.69) is 27.9 Å². The number of halogens is 4. The van der Waals surface area contributed by atoms with Crippen LogP contribution in [0.5, 0.6) is 0 Å². The molecule has 0 saturated carbocycles. The summed E-state index contributed by atoms with van der Waals surface area (Å²) in [7, 11) is 0. The third kappa shape index (κ3) is 3.36.